The van der Waals surface area contributed by atoms with E-state index in [1.165, 1.54) is 0 Å². The van der Waals surface area contributed by atoms with E-state index in [4.69, 9.17) is 5.53 Å². The van der Waals surface area contributed by atoms with Crippen LogP contribution in [0, 0.1) is 0 Å². The number of benzene rings is 2. The van der Waals surface area contributed by atoms with Gasteiger partial charge in [-0.25, -0.2) is 0 Å². The molecule has 0 fully saturated rings. The molecule has 0 radical (unpaired) electrons. The molecule has 0 aliphatic heterocycles. The number of Topliss-reactive ketones (excluding diaryl/α,β-unsaturated/α-hetero) is 2. The fourth-order valence-electron chi connectivity index (χ4n) is 2.03. The Labute approximate surface area is 122 Å². The van der Waals surface area contributed by atoms with E-state index in [0.717, 1.165) is 5.56 Å². The lowest BCUT2D eigenvalue weighted by molar-refractivity contribution is -0.118. The van der Waals surface area contributed by atoms with Crippen molar-refractivity contribution in [1.82, 2.24) is 0 Å². The second kappa shape index (κ2) is 6.55. The first-order valence-electron chi connectivity index (χ1n) is 6.56. The highest BCUT2D eigenvalue weighted by molar-refractivity contribution is 6.68. The molecule has 1 unspecified atom stereocenters. The molecule has 2 aromatic carbocycles. The highest BCUT2D eigenvalue weighted by Gasteiger charge is 2.34. The van der Waals surface area contributed by atoms with E-state index in [0.29, 0.717) is 5.56 Å². The molecule has 0 aliphatic carbocycles. The number of nitrogens with zero attached hydrogens (tertiary/aromatic N) is 2. The molecular weight excluding hydrogens is 264 g/mol. The summed E-state index contributed by atoms with van der Waals surface area (Å²) in [6.07, 6.45) is 0. The molecule has 0 amide bonds. The third kappa shape index (κ3) is 3.19. The van der Waals surface area contributed by atoms with Crippen LogP contribution in [-0.2, 0) is 4.79 Å². The lowest BCUT2D eigenvalue weighted by atomic mass is 9.91. The first-order chi connectivity index (χ1) is 10.1. The maximum Gasteiger partial charge on any atom is 0.405 e. The summed E-state index contributed by atoms with van der Waals surface area (Å²) in [6, 6.07) is 17.4. The highest BCUT2D eigenvalue weighted by Crippen LogP contribution is 2.17. The molecule has 4 nitrogen and oxygen atoms in total. The van der Waals surface area contributed by atoms with E-state index in [1.807, 2.05) is 18.2 Å². The second-order valence-electron chi connectivity index (χ2n) is 4.64. The normalized spacial score (nSPS) is 11.3. The van der Waals surface area contributed by atoms with Crippen molar-refractivity contribution >= 4 is 17.3 Å². The number of ketones is 2. The molecule has 0 saturated heterocycles. The zero-order valence-corrected chi connectivity index (χ0v) is 11.6. The highest BCUT2D eigenvalue weighted by atomic mass is 16.2. The molecule has 0 N–H and O–H groups in total. The maximum atomic E-state index is 12.4. The average molecular weight is 278 g/mol. The van der Waals surface area contributed by atoms with Crippen LogP contribution in [0.1, 0.15) is 28.8 Å². The van der Waals surface area contributed by atoms with Crippen molar-refractivity contribution in [3.05, 3.63) is 77.3 Å². The average Bonchev–Trinajstić information content (AvgIpc) is 2.56. The van der Waals surface area contributed by atoms with Crippen molar-refractivity contribution in [3.8, 4) is 0 Å². The van der Waals surface area contributed by atoms with Crippen LogP contribution in [0.25, 0.3) is 5.53 Å². The zero-order valence-electron chi connectivity index (χ0n) is 11.6. The van der Waals surface area contributed by atoms with Crippen LogP contribution in [-0.4, -0.2) is 22.1 Å². The summed E-state index contributed by atoms with van der Waals surface area (Å²) >= 11 is 0. The Morgan fingerprint density at radius 3 is 2.00 bits per heavy atom. The van der Waals surface area contributed by atoms with Crippen molar-refractivity contribution in [2.45, 2.75) is 12.8 Å². The van der Waals surface area contributed by atoms with Gasteiger partial charge in [-0.2, -0.15) is 4.79 Å². The second-order valence-corrected chi connectivity index (χ2v) is 4.64. The van der Waals surface area contributed by atoms with Gasteiger partial charge in [-0.1, -0.05) is 67.6 Å². The van der Waals surface area contributed by atoms with E-state index < -0.39 is 23.2 Å². The predicted octanol–water partition coefficient (Wildman–Crippen LogP) is 2.91. The summed E-state index contributed by atoms with van der Waals surface area (Å²) in [4.78, 5) is 27.5. The van der Waals surface area contributed by atoms with Crippen molar-refractivity contribution < 1.29 is 14.4 Å². The van der Waals surface area contributed by atoms with E-state index in [-0.39, 0.29) is 0 Å². The fraction of sp³-hybridized carbons (Fsp3) is 0.118. The van der Waals surface area contributed by atoms with Crippen molar-refractivity contribution in [1.29, 1.82) is 0 Å². The van der Waals surface area contributed by atoms with Gasteiger partial charge < -0.3 is 5.53 Å². The Hall–Kier alpha value is -2.84. The van der Waals surface area contributed by atoms with Gasteiger partial charge in [-0.3, -0.25) is 9.59 Å². The van der Waals surface area contributed by atoms with Gasteiger partial charge in [0.25, 0.3) is 11.6 Å². The van der Waals surface area contributed by atoms with Gasteiger partial charge in [0.1, 0.15) is 0 Å². The van der Waals surface area contributed by atoms with Crippen molar-refractivity contribution in [2.75, 3.05) is 0 Å². The molecule has 21 heavy (non-hydrogen) atoms. The monoisotopic (exact) mass is 278 g/mol. The smallest absolute Gasteiger partial charge is 0.360 e. The van der Waals surface area contributed by atoms with Crippen LogP contribution >= 0.6 is 0 Å². The molecule has 2 rings (SSSR count). The summed E-state index contributed by atoms with van der Waals surface area (Å²) in [5.74, 6) is -1.63. The fourth-order valence-corrected chi connectivity index (χ4v) is 2.03. The Balaban J connectivity index is 2.29. The largest absolute Gasteiger partial charge is 0.405 e. The van der Waals surface area contributed by atoms with Crippen LogP contribution in [0.4, 0.5) is 0 Å². The molecule has 1 atom stereocenters. The molecule has 2 aromatic rings. The molecule has 0 aromatic heterocycles. The van der Waals surface area contributed by atoms with E-state index in [1.54, 1.807) is 49.4 Å². The Morgan fingerprint density at radius 2 is 1.48 bits per heavy atom. The molecule has 0 bridgehead atoms. The molecule has 0 heterocycles. The lowest BCUT2D eigenvalue weighted by Crippen LogP contribution is -2.29. The van der Waals surface area contributed by atoms with Gasteiger partial charge in [0, 0.05) is 5.56 Å². The number of rotatable bonds is 5. The van der Waals surface area contributed by atoms with Gasteiger partial charge in [0.05, 0.1) is 5.92 Å². The van der Waals surface area contributed by atoms with Gasteiger partial charge in [0.2, 0.25) is 0 Å². The molecular formula is C17H14N2O2. The first-order valence-corrected chi connectivity index (χ1v) is 6.56. The third-order valence-electron chi connectivity index (χ3n) is 3.28. The Kier molecular flexibility index (Phi) is 4.54. The minimum absolute atomic E-state index is 0.318. The van der Waals surface area contributed by atoms with Gasteiger partial charge in [-0.15, -0.1) is 0 Å². The van der Waals surface area contributed by atoms with Crippen LogP contribution in [0.3, 0.4) is 0 Å². The quantitative estimate of drug-likeness (QED) is 0.277. The summed E-state index contributed by atoms with van der Waals surface area (Å²) in [5, 5.41) is 0. The first kappa shape index (κ1) is 14.6. The number of carbonyl (C=O) groups is 2. The standard InChI is InChI=1S/C17H14N2O2/c1-12(13-8-4-2-5-9-13)16(20)15(19-18)17(21)14-10-6-3-7-11-14/h2-12H,1H3. The van der Waals surface area contributed by atoms with E-state index in [9.17, 15) is 9.59 Å². The summed E-state index contributed by atoms with van der Waals surface area (Å²) in [6.45, 7) is 1.68. The maximum absolute atomic E-state index is 12.4. The summed E-state index contributed by atoms with van der Waals surface area (Å²) in [5.41, 5.74) is 9.71. The van der Waals surface area contributed by atoms with Crippen molar-refractivity contribution in [2.24, 2.45) is 0 Å². The van der Waals surface area contributed by atoms with Crippen LogP contribution in [0.5, 0.6) is 0 Å². The third-order valence-corrected chi connectivity index (χ3v) is 3.28. The summed E-state index contributed by atoms with van der Waals surface area (Å²) in [7, 11) is 0. The molecule has 0 aliphatic rings. The molecule has 0 spiro atoms. The minimum atomic E-state index is -0.578. The van der Waals surface area contributed by atoms with Gasteiger partial charge >= 0.3 is 5.71 Å². The molecule has 4 heteroatoms. The molecule has 104 valence electrons. The van der Waals surface area contributed by atoms with Crippen molar-refractivity contribution in [3.63, 3.8) is 0 Å². The van der Waals surface area contributed by atoms with Gasteiger partial charge in [0.15, 0.2) is 0 Å². The van der Waals surface area contributed by atoms with Crippen LogP contribution in [0.15, 0.2) is 60.7 Å². The van der Waals surface area contributed by atoms with Gasteiger partial charge in [-0.05, 0) is 5.56 Å². The van der Waals surface area contributed by atoms with Crippen LogP contribution in [0.2, 0.25) is 0 Å². The van der Waals surface area contributed by atoms with Crippen LogP contribution < -0.4 is 0 Å². The zero-order chi connectivity index (χ0) is 15.2. The molecule has 0 saturated carbocycles. The number of hydrogen-bond acceptors (Lipinski definition) is 2. The summed E-state index contributed by atoms with van der Waals surface area (Å²) < 4.78 is 0. The minimum Gasteiger partial charge on any atom is -0.360 e. The topological polar surface area (TPSA) is 70.5 Å². The lowest BCUT2D eigenvalue weighted by Gasteiger charge is -2.07. The Bertz CT molecular complexity index is 702. The Morgan fingerprint density at radius 1 is 0.952 bits per heavy atom. The SMILES string of the molecule is CC(C(=O)C(=[N+]=[N-])C(=O)c1ccccc1)c1ccccc1. The van der Waals surface area contributed by atoms with E-state index >= 15 is 0 Å². The predicted molar refractivity (Wildman–Crippen MR) is 79.3 cm³/mol. The number of hydrogen-bond donors (Lipinski definition) is 0. The number of carbonyl (C=O) groups excluding carboxylic acids is 2. The van der Waals surface area contributed by atoms with E-state index in [2.05, 4.69) is 4.79 Å².